The third-order valence-electron chi connectivity index (χ3n) is 3.98. The van der Waals surface area contributed by atoms with Gasteiger partial charge in [0.1, 0.15) is 5.75 Å². The van der Waals surface area contributed by atoms with Gasteiger partial charge in [-0.1, -0.05) is 31.5 Å². The number of anilines is 2. The van der Waals surface area contributed by atoms with Crippen molar-refractivity contribution in [2.24, 2.45) is 0 Å². The van der Waals surface area contributed by atoms with Crippen molar-refractivity contribution in [2.75, 3.05) is 10.6 Å². The molecule has 0 unspecified atom stereocenters. The van der Waals surface area contributed by atoms with Gasteiger partial charge in [-0.2, -0.15) is 0 Å². The highest BCUT2D eigenvalue weighted by molar-refractivity contribution is 6.34. The average Bonchev–Trinajstić information content (AvgIpc) is 2.64. The minimum absolute atomic E-state index is 0.0705. The van der Waals surface area contributed by atoms with Crippen LogP contribution in [0.1, 0.15) is 50.4 Å². The number of amides is 2. The summed E-state index contributed by atoms with van der Waals surface area (Å²) < 4.78 is 5.76. The topological polar surface area (TPSA) is 67.4 Å². The SMILES string of the molecule is CCCC(=O)Nc1ccc(Cl)c(NC(=O)c2cccc(O[C@@H](C)CC)c2)c1. The first-order valence-corrected chi connectivity index (χ1v) is 9.48. The van der Waals surface area contributed by atoms with Crippen LogP contribution in [0.3, 0.4) is 0 Å². The number of carbonyl (C=O) groups excluding carboxylic acids is 2. The van der Waals surface area contributed by atoms with Gasteiger partial charge in [-0.25, -0.2) is 0 Å². The fraction of sp³-hybridized carbons (Fsp3) is 0.333. The van der Waals surface area contributed by atoms with Gasteiger partial charge < -0.3 is 15.4 Å². The van der Waals surface area contributed by atoms with Crippen LogP contribution < -0.4 is 15.4 Å². The van der Waals surface area contributed by atoms with Crippen LogP contribution in [0.5, 0.6) is 5.75 Å². The third kappa shape index (κ3) is 6.29. The van der Waals surface area contributed by atoms with E-state index in [2.05, 4.69) is 10.6 Å². The molecule has 2 aromatic carbocycles. The van der Waals surface area contributed by atoms with Gasteiger partial charge in [-0.15, -0.1) is 0 Å². The van der Waals surface area contributed by atoms with Crippen LogP contribution in [-0.2, 0) is 4.79 Å². The van der Waals surface area contributed by atoms with Crippen LogP contribution in [0.15, 0.2) is 42.5 Å². The van der Waals surface area contributed by atoms with Gasteiger partial charge in [-0.3, -0.25) is 9.59 Å². The van der Waals surface area contributed by atoms with Gasteiger partial charge in [-0.05, 0) is 56.2 Å². The summed E-state index contributed by atoms with van der Waals surface area (Å²) in [5.74, 6) is 0.263. The lowest BCUT2D eigenvalue weighted by Gasteiger charge is -2.14. The normalized spacial score (nSPS) is 11.6. The second-order valence-corrected chi connectivity index (χ2v) is 6.72. The summed E-state index contributed by atoms with van der Waals surface area (Å²) in [4.78, 5) is 24.4. The van der Waals surface area contributed by atoms with Crippen molar-refractivity contribution in [3.63, 3.8) is 0 Å². The molecular formula is C21H25ClN2O3. The molecule has 2 rings (SSSR count). The van der Waals surface area contributed by atoms with E-state index in [0.717, 1.165) is 12.8 Å². The Kier molecular flexibility index (Phi) is 7.67. The Bertz CT molecular complexity index is 808. The molecule has 0 radical (unpaired) electrons. The zero-order valence-corrected chi connectivity index (χ0v) is 16.6. The van der Waals surface area contributed by atoms with E-state index in [1.54, 1.807) is 36.4 Å². The first-order valence-electron chi connectivity index (χ1n) is 9.10. The summed E-state index contributed by atoms with van der Waals surface area (Å²) in [6.07, 6.45) is 2.15. The van der Waals surface area contributed by atoms with E-state index in [1.165, 1.54) is 0 Å². The molecule has 2 aromatic rings. The van der Waals surface area contributed by atoms with E-state index in [9.17, 15) is 9.59 Å². The summed E-state index contributed by atoms with van der Waals surface area (Å²) in [6, 6.07) is 12.0. The summed E-state index contributed by atoms with van der Waals surface area (Å²) in [5.41, 5.74) is 1.48. The molecule has 0 aliphatic rings. The van der Waals surface area contributed by atoms with E-state index in [-0.39, 0.29) is 17.9 Å². The molecule has 5 nitrogen and oxygen atoms in total. The highest BCUT2D eigenvalue weighted by Gasteiger charge is 2.12. The van der Waals surface area contributed by atoms with E-state index < -0.39 is 0 Å². The van der Waals surface area contributed by atoms with Crippen molar-refractivity contribution >= 4 is 34.8 Å². The fourth-order valence-electron chi connectivity index (χ4n) is 2.37. The minimum atomic E-state index is -0.302. The maximum Gasteiger partial charge on any atom is 0.255 e. The highest BCUT2D eigenvalue weighted by atomic mass is 35.5. The molecule has 0 heterocycles. The zero-order valence-electron chi connectivity index (χ0n) is 15.8. The number of hydrogen-bond donors (Lipinski definition) is 2. The Morgan fingerprint density at radius 3 is 2.59 bits per heavy atom. The van der Waals surface area contributed by atoms with Crippen LogP contribution >= 0.6 is 11.6 Å². The standard InChI is InChI=1S/C21H25ClN2O3/c1-4-7-20(25)23-16-10-11-18(22)19(13-16)24-21(26)15-8-6-9-17(12-15)27-14(3)5-2/h6,8-14H,4-5,7H2,1-3H3,(H,23,25)(H,24,26)/t14-/m0/s1. The van der Waals surface area contributed by atoms with Gasteiger partial charge in [0, 0.05) is 17.7 Å². The summed E-state index contributed by atoms with van der Waals surface area (Å²) in [6.45, 7) is 5.95. The molecule has 0 saturated carbocycles. The fourth-order valence-corrected chi connectivity index (χ4v) is 2.53. The van der Waals surface area contributed by atoms with Crippen LogP contribution in [-0.4, -0.2) is 17.9 Å². The smallest absolute Gasteiger partial charge is 0.255 e. The Hall–Kier alpha value is -2.53. The summed E-state index contributed by atoms with van der Waals surface area (Å²) in [5, 5.41) is 5.97. The molecule has 0 spiro atoms. The zero-order chi connectivity index (χ0) is 19.8. The highest BCUT2D eigenvalue weighted by Crippen LogP contribution is 2.27. The van der Waals surface area contributed by atoms with Crippen LogP contribution in [0.25, 0.3) is 0 Å². The first-order chi connectivity index (χ1) is 12.9. The number of nitrogens with one attached hydrogen (secondary N) is 2. The molecule has 0 bridgehead atoms. The van der Waals surface area contributed by atoms with Gasteiger partial charge >= 0.3 is 0 Å². The first kappa shape index (κ1) is 20.8. The molecule has 0 fully saturated rings. The molecular weight excluding hydrogens is 364 g/mol. The number of ether oxygens (including phenoxy) is 1. The molecule has 144 valence electrons. The van der Waals surface area contributed by atoms with Crippen molar-refractivity contribution in [2.45, 2.75) is 46.1 Å². The van der Waals surface area contributed by atoms with Crippen molar-refractivity contribution < 1.29 is 14.3 Å². The van der Waals surface area contributed by atoms with Crippen molar-refractivity contribution in [1.29, 1.82) is 0 Å². The average molecular weight is 389 g/mol. The maximum atomic E-state index is 12.6. The van der Waals surface area contributed by atoms with Gasteiger partial charge in [0.25, 0.3) is 5.91 Å². The number of hydrogen-bond acceptors (Lipinski definition) is 3. The van der Waals surface area contributed by atoms with Crippen molar-refractivity contribution in [3.05, 3.63) is 53.1 Å². The lowest BCUT2D eigenvalue weighted by atomic mass is 10.2. The van der Waals surface area contributed by atoms with E-state index in [4.69, 9.17) is 16.3 Å². The summed E-state index contributed by atoms with van der Waals surface area (Å²) >= 11 is 6.19. The lowest BCUT2D eigenvalue weighted by molar-refractivity contribution is -0.116. The molecule has 0 saturated heterocycles. The number of rotatable bonds is 8. The van der Waals surface area contributed by atoms with Crippen molar-refractivity contribution in [1.82, 2.24) is 0 Å². The summed E-state index contributed by atoms with van der Waals surface area (Å²) in [7, 11) is 0. The molecule has 1 atom stereocenters. The number of halogens is 1. The predicted molar refractivity (Wildman–Crippen MR) is 110 cm³/mol. The Morgan fingerprint density at radius 2 is 1.89 bits per heavy atom. The van der Waals surface area contributed by atoms with Crippen LogP contribution in [0.2, 0.25) is 5.02 Å². The third-order valence-corrected chi connectivity index (χ3v) is 4.31. The van der Waals surface area contributed by atoms with Crippen LogP contribution in [0, 0.1) is 0 Å². The lowest BCUT2D eigenvalue weighted by Crippen LogP contribution is -2.15. The molecule has 27 heavy (non-hydrogen) atoms. The number of carbonyl (C=O) groups is 2. The molecule has 0 aliphatic heterocycles. The number of benzene rings is 2. The van der Waals surface area contributed by atoms with Crippen molar-refractivity contribution in [3.8, 4) is 5.75 Å². The molecule has 2 amide bonds. The van der Waals surface area contributed by atoms with Gasteiger partial charge in [0.05, 0.1) is 16.8 Å². The van der Waals surface area contributed by atoms with Crippen LogP contribution in [0.4, 0.5) is 11.4 Å². The largest absolute Gasteiger partial charge is 0.491 e. The van der Waals surface area contributed by atoms with E-state index in [0.29, 0.717) is 34.1 Å². The monoisotopic (exact) mass is 388 g/mol. The molecule has 0 aromatic heterocycles. The van der Waals surface area contributed by atoms with E-state index in [1.807, 2.05) is 26.8 Å². The molecule has 6 heteroatoms. The van der Waals surface area contributed by atoms with Gasteiger partial charge in [0.15, 0.2) is 0 Å². The maximum absolute atomic E-state index is 12.6. The van der Waals surface area contributed by atoms with Gasteiger partial charge in [0.2, 0.25) is 5.91 Å². The minimum Gasteiger partial charge on any atom is -0.491 e. The Balaban J connectivity index is 2.13. The Morgan fingerprint density at radius 1 is 1.11 bits per heavy atom. The second kappa shape index (κ2) is 9.97. The Labute approximate surface area is 165 Å². The second-order valence-electron chi connectivity index (χ2n) is 6.31. The predicted octanol–water partition coefficient (Wildman–Crippen LogP) is 5.51. The quantitative estimate of drug-likeness (QED) is 0.626. The van der Waals surface area contributed by atoms with E-state index >= 15 is 0 Å². The molecule has 2 N–H and O–H groups in total. The molecule has 0 aliphatic carbocycles.